The SMILES string of the molecule is Clc1ccc2[nH]c(-c3ncco3)nc2c1Oc1ccccc1.Nc1ccc(Cl)c(Oc2ccccc2)c1N. The standard InChI is InChI=1S/C16H10ClN3O2.C12H11ClN2O/c17-11-6-7-12-13(14(11)22-10-4-2-1-3-5-10)20-15(19-12)16-18-8-9-21-16;13-9-6-7-10(14)11(15)12(9)16-8-4-2-1-3-5-8/h1-9H,(H,19,20);1-7H,14-15H2. The number of H-pyrrole nitrogens is 1. The summed E-state index contributed by atoms with van der Waals surface area (Å²) < 4.78 is 16.7. The summed E-state index contributed by atoms with van der Waals surface area (Å²) in [5, 5.41) is 0.928. The number of fused-ring (bicyclic) bond motifs is 1. The van der Waals surface area contributed by atoms with Crippen LogP contribution >= 0.6 is 23.2 Å². The Labute approximate surface area is 227 Å². The molecule has 8 nitrogen and oxygen atoms in total. The van der Waals surface area contributed by atoms with E-state index in [1.165, 1.54) is 6.26 Å². The van der Waals surface area contributed by atoms with Crippen molar-refractivity contribution in [1.82, 2.24) is 15.0 Å². The molecule has 2 heterocycles. The van der Waals surface area contributed by atoms with E-state index in [1.807, 2.05) is 66.7 Å². The molecule has 0 unspecified atom stereocenters. The first kappa shape index (κ1) is 25.0. The molecule has 6 rings (SSSR count). The molecule has 38 heavy (non-hydrogen) atoms. The maximum absolute atomic E-state index is 6.27. The Morgan fingerprint density at radius 1 is 0.737 bits per heavy atom. The highest BCUT2D eigenvalue weighted by molar-refractivity contribution is 6.33. The maximum Gasteiger partial charge on any atom is 0.262 e. The highest BCUT2D eigenvalue weighted by Gasteiger charge is 2.16. The monoisotopic (exact) mass is 545 g/mol. The molecule has 6 aromatic rings. The number of imidazole rings is 1. The van der Waals surface area contributed by atoms with Gasteiger partial charge in [-0.1, -0.05) is 59.6 Å². The number of aromatic nitrogens is 3. The number of hydrogen-bond donors (Lipinski definition) is 3. The van der Waals surface area contributed by atoms with Crippen molar-refractivity contribution in [1.29, 1.82) is 0 Å². The molecule has 0 spiro atoms. The van der Waals surface area contributed by atoms with Gasteiger partial charge < -0.3 is 30.3 Å². The van der Waals surface area contributed by atoms with Gasteiger partial charge in [-0.25, -0.2) is 9.97 Å². The smallest absolute Gasteiger partial charge is 0.262 e. The zero-order chi connectivity index (χ0) is 26.5. The second-order valence-electron chi connectivity index (χ2n) is 7.90. The van der Waals surface area contributed by atoms with E-state index in [9.17, 15) is 0 Å². The summed E-state index contributed by atoms with van der Waals surface area (Å²) in [6.45, 7) is 0. The molecule has 4 aromatic carbocycles. The molecule has 0 aliphatic heterocycles. The Hall–Kier alpha value is -4.66. The summed E-state index contributed by atoms with van der Waals surface area (Å²) >= 11 is 12.3. The summed E-state index contributed by atoms with van der Waals surface area (Å²) in [5.74, 6) is 3.20. The van der Waals surface area contributed by atoms with Crippen LogP contribution in [0.2, 0.25) is 10.0 Å². The molecule has 0 saturated carbocycles. The molecule has 0 amide bonds. The molecular formula is C28H21Cl2N5O3. The maximum atomic E-state index is 6.27. The summed E-state index contributed by atoms with van der Waals surface area (Å²) in [5.41, 5.74) is 13.7. The molecule has 2 aromatic heterocycles. The average Bonchev–Trinajstić information content (AvgIpc) is 3.63. The Morgan fingerprint density at radius 2 is 1.34 bits per heavy atom. The number of aromatic amines is 1. The topological polar surface area (TPSA) is 125 Å². The van der Waals surface area contributed by atoms with Crippen LogP contribution in [0.5, 0.6) is 23.0 Å². The number of ether oxygens (including phenoxy) is 2. The first-order valence-electron chi connectivity index (χ1n) is 11.4. The fourth-order valence-corrected chi connectivity index (χ4v) is 3.86. The number of nitrogens with two attached hydrogens (primary N) is 2. The predicted molar refractivity (Wildman–Crippen MR) is 150 cm³/mol. The van der Waals surface area contributed by atoms with Crippen molar-refractivity contribution in [2.24, 2.45) is 0 Å². The van der Waals surface area contributed by atoms with Gasteiger partial charge in [0, 0.05) is 0 Å². The lowest BCUT2D eigenvalue weighted by atomic mass is 10.2. The zero-order valence-corrected chi connectivity index (χ0v) is 21.3. The highest BCUT2D eigenvalue weighted by atomic mass is 35.5. The van der Waals surface area contributed by atoms with Gasteiger partial charge in [0.15, 0.2) is 17.3 Å². The number of nitrogen functional groups attached to an aromatic ring is 2. The van der Waals surface area contributed by atoms with E-state index < -0.39 is 0 Å². The quantitative estimate of drug-likeness (QED) is 0.187. The minimum atomic E-state index is 0.358. The van der Waals surface area contributed by atoms with Crippen molar-refractivity contribution in [3.63, 3.8) is 0 Å². The van der Waals surface area contributed by atoms with Gasteiger partial charge in [-0.05, 0) is 48.5 Å². The molecule has 0 atom stereocenters. The van der Waals surface area contributed by atoms with Crippen molar-refractivity contribution in [2.75, 3.05) is 11.5 Å². The number of hydrogen-bond acceptors (Lipinski definition) is 7. The van der Waals surface area contributed by atoms with Gasteiger partial charge in [0.1, 0.15) is 23.3 Å². The first-order chi connectivity index (χ1) is 18.5. The molecule has 10 heteroatoms. The Bertz CT molecular complexity index is 1660. The lowest BCUT2D eigenvalue weighted by Gasteiger charge is -2.11. The largest absolute Gasteiger partial charge is 0.454 e. The minimum Gasteiger partial charge on any atom is -0.454 e. The highest BCUT2D eigenvalue weighted by Crippen LogP contribution is 2.38. The molecule has 190 valence electrons. The molecular weight excluding hydrogens is 525 g/mol. The van der Waals surface area contributed by atoms with Crippen LogP contribution in [0.25, 0.3) is 22.7 Å². The predicted octanol–water partition coefficient (Wildman–Crippen LogP) is 7.96. The molecule has 5 N–H and O–H groups in total. The Kier molecular flexibility index (Phi) is 7.35. The second-order valence-corrected chi connectivity index (χ2v) is 8.72. The van der Waals surface area contributed by atoms with Crippen molar-refractivity contribution in [2.45, 2.75) is 0 Å². The molecule has 0 aliphatic rings. The van der Waals surface area contributed by atoms with Crippen LogP contribution in [0.3, 0.4) is 0 Å². The lowest BCUT2D eigenvalue weighted by molar-refractivity contribution is 0.485. The summed E-state index contributed by atoms with van der Waals surface area (Å²) in [6, 6.07) is 25.6. The third kappa shape index (κ3) is 5.51. The Balaban J connectivity index is 0.000000163. The van der Waals surface area contributed by atoms with Crippen LogP contribution in [-0.4, -0.2) is 15.0 Å². The summed E-state index contributed by atoms with van der Waals surface area (Å²) in [7, 11) is 0. The van der Waals surface area contributed by atoms with Crippen LogP contribution in [0.4, 0.5) is 11.4 Å². The van der Waals surface area contributed by atoms with Gasteiger partial charge in [-0.3, -0.25) is 0 Å². The Morgan fingerprint density at radius 3 is 1.97 bits per heavy atom. The molecule has 0 bridgehead atoms. The molecule has 0 saturated heterocycles. The van der Waals surface area contributed by atoms with Crippen molar-refractivity contribution >= 4 is 45.6 Å². The number of oxazole rings is 1. The van der Waals surface area contributed by atoms with Gasteiger partial charge in [0.05, 0.1) is 33.1 Å². The van der Waals surface area contributed by atoms with Gasteiger partial charge in [-0.2, -0.15) is 0 Å². The van der Waals surface area contributed by atoms with E-state index >= 15 is 0 Å². The van der Waals surface area contributed by atoms with Crippen LogP contribution in [-0.2, 0) is 0 Å². The van der Waals surface area contributed by atoms with E-state index in [2.05, 4.69) is 15.0 Å². The van der Waals surface area contributed by atoms with Gasteiger partial charge >= 0.3 is 0 Å². The van der Waals surface area contributed by atoms with Crippen molar-refractivity contribution in [3.05, 3.63) is 107 Å². The zero-order valence-electron chi connectivity index (χ0n) is 19.8. The fourth-order valence-electron chi connectivity index (χ4n) is 3.47. The van der Waals surface area contributed by atoms with Crippen LogP contribution in [0.15, 0.2) is 102 Å². The number of anilines is 2. The summed E-state index contributed by atoms with van der Waals surface area (Å²) in [4.78, 5) is 11.7. The van der Waals surface area contributed by atoms with E-state index in [1.54, 1.807) is 24.4 Å². The molecule has 0 radical (unpaired) electrons. The number of rotatable bonds is 5. The fraction of sp³-hybridized carbons (Fsp3) is 0. The van der Waals surface area contributed by atoms with Crippen LogP contribution in [0.1, 0.15) is 0 Å². The number of benzene rings is 4. The van der Waals surface area contributed by atoms with Crippen molar-refractivity contribution in [3.8, 4) is 34.7 Å². The number of nitrogens with zero attached hydrogens (tertiary/aromatic N) is 2. The molecule has 0 fully saturated rings. The van der Waals surface area contributed by atoms with E-state index in [0.29, 0.717) is 61.6 Å². The molecule has 0 aliphatic carbocycles. The van der Waals surface area contributed by atoms with Gasteiger partial charge in [0.2, 0.25) is 0 Å². The van der Waals surface area contributed by atoms with Gasteiger partial charge in [-0.15, -0.1) is 0 Å². The van der Waals surface area contributed by atoms with E-state index in [-0.39, 0.29) is 0 Å². The minimum absolute atomic E-state index is 0.358. The van der Waals surface area contributed by atoms with Crippen molar-refractivity contribution < 1.29 is 13.9 Å². The van der Waals surface area contributed by atoms with Crippen LogP contribution < -0.4 is 20.9 Å². The summed E-state index contributed by atoms with van der Waals surface area (Å²) in [6.07, 6.45) is 3.06. The number of para-hydroxylation sites is 2. The normalized spacial score (nSPS) is 10.6. The average molecular weight is 546 g/mol. The van der Waals surface area contributed by atoms with Crippen LogP contribution in [0, 0.1) is 0 Å². The van der Waals surface area contributed by atoms with Gasteiger partial charge in [0.25, 0.3) is 5.89 Å². The lowest BCUT2D eigenvalue weighted by Crippen LogP contribution is -1.98. The third-order valence-corrected chi connectivity index (χ3v) is 5.90. The number of halogens is 2. The van der Waals surface area contributed by atoms with E-state index in [4.69, 9.17) is 48.6 Å². The van der Waals surface area contributed by atoms with E-state index in [0.717, 1.165) is 5.52 Å². The number of nitrogens with one attached hydrogen (secondary N) is 1. The first-order valence-corrected chi connectivity index (χ1v) is 12.1. The second kappa shape index (κ2) is 11.2. The third-order valence-electron chi connectivity index (χ3n) is 5.30.